The van der Waals surface area contributed by atoms with E-state index in [2.05, 4.69) is 0 Å². The highest BCUT2D eigenvalue weighted by Gasteiger charge is 2.40. The second-order valence-electron chi connectivity index (χ2n) is 3.97. The van der Waals surface area contributed by atoms with Gasteiger partial charge in [-0.15, -0.1) is 0 Å². The minimum Gasteiger partial charge on any atom is -0.480 e. The van der Waals surface area contributed by atoms with Gasteiger partial charge in [0.2, 0.25) is 5.91 Å². The Morgan fingerprint density at radius 3 is 2.72 bits per heavy atom. The van der Waals surface area contributed by atoms with E-state index in [0.717, 1.165) is 12.1 Å². The van der Waals surface area contributed by atoms with Crippen LogP contribution in [-0.2, 0) is 9.59 Å². The van der Waals surface area contributed by atoms with Gasteiger partial charge in [-0.05, 0) is 24.6 Å². The van der Waals surface area contributed by atoms with Crippen molar-refractivity contribution >= 4 is 17.8 Å². The third-order valence-corrected chi connectivity index (χ3v) is 2.79. The number of benzene rings is 1. The van der Waals surface area contributed by atoms with Crippen LogP contribution in [0.4, 0.5) is 4.39 Å². The van der Waals surface area contributed by atoms with Gasteiger partial charge in [-0.1, -0.05) is 6.07 Å². The normalized spacial score (nSPS) is 19.1. The molecule has 0 spiro atoms. The monoisotopic (exact) mass is 251 g/mol. The van der Waals surface area contributed by atoms with Crippen LogP contribution in [0.5, 0.6) is 0 Å². The van der Waals surface area contributed by atoms with Crippen LogP contribution >= 0.6 is 0 Å². The zero-order valence-corrected chi connectivity index (χ0v) is 9.30. The molecule has 1 atom stereocenters. The summed E-state index contributed by atoms with van der Waals surface area (Å²) >= 11 is 0. The summed E-state index contributed by atoms with van der Waals surface area (Å²) in [6.45, 7) is 0. The summed E-state index contributed by atoms with van der Waals surface area (Å²) in [6.07, 6.45) is 0.104. The van der Waals surface area contributed by atoms with Crippen molar-refractivity contribution in [2.45, 2.75) is 18.9 Å². The molecule has 1 saturated heterocycles. The average molecular weight is 251 g/mol. The van der Waals surface area contributed by atoms with Crippen molar-refractivity contribution in [3.05, 3.63) is 35.6 Å². The van der Waals surface area contributed by atoms with Gasteiger partial charge in [-0.2, -0.15) is 0 Å². The maximum atomic E-state index is 13.0. The molecule has 1 aliphatic rings. The third-order valence-electron chi connectivity index (χ3n) is 2.79. The minimum absolute atomic E-state index is 0.0119. The first-order chi connectivity index (χ1) is 8.50. The first-order valence-corrected chi connectivity index (χ1v) is 5.35. The number of carboxylic acids is 1. The second kappa shape index (κ2) is 4.56. The van der Waals surface area contributed by atoms with Gasteiger partial charge in [-0.3, -0.25) is 14.5 Å². The molecule has 1 aliphatic heterocycles. The van der Waals surface area contributed by atoms with Gasteiger partial charge in [0.25, 0.3) is 5.91 Å². The lowest BCUT2D eigenvalue weighted by Gasteiger charge is -2.19. The van der Waals surface area contributed by atoms with Gasteiger partial charge in [0.05, 0.1) is 0 Å². The molecule has 0 aromatic heterocycles. The van der Waals surface area contributed by atoms with E-state index in [1.807, 2.05) is 0 Å². The van der Waals surface area contributed by atoms with Crippen molar-refractivity contribution < 1.29 is 23.9 Å². The molecule has 1 heterocycles. The van der Waals surface area contributed by atoms with Gasteiger partial charge in [-0.25, -0.2) is 9.18 Å². The quantitative estimate of drug-likeness (QED) is 0.797. The van der Waals surface area contributed by atoms with Gasteiger partial charge in [0, 0.05) is 12.0 Å². The molecule has 0 aliphatic carbocycles. The first-order valence-electron chi connectivity index (χ1n) is 5.35. The maximum Gasteiger partial charge on any atom is 0.326 e. The van der Waals surface area contributed by atoms with Gasteiger partial charge in [0.15, 0.2) is 0 Å². The van der Waals surface area contributed by atoms with E-state index in [0.29, 0.717) is 4.90 Å². The Bertz CT molecular complexity index is 529. The van der Waals surface area contributed by atoms with Crippen LogP contribution in [0, 0.1) is 5.82 Å². The number of imide groups is 1. The molecule has 2 rings (SSSR count). The van der Waals surface area contributed by atoms with E-state index in [1.54, 1.807) is 0 Å². The third kappa shape index (κ3) is 2.09. The van der Waals surface area contributed by atoms with E-state index in [9.17, 15) is 18.8 Å². The molecule has 0 radical (unpaired) electrons. The van der Waals surface area contributed by atoms with E-state index in [-0.39, 0.29) is 18.4 Å². The highest BCUT2D eigenvalue weighted by atomic mass is 19.1. The standard InChI is InChI=1S/C12H10FNO4/c13-8-3-1-2-7(6-8)11(16)14-9(12(17)18)4-5-10(14)15/h1-3,6,9H,4-5H2,(H,17,18). The Morgan fingerprint density at radius 1 is 1.39 bits per heavy atom. The van der Waals surface area contributed by atoms with E-state index in [4.69, 9.17) is 5.11 Å². The largest absolute Gasteiger partial charge is 0.480 e. The Labute approximate surface area is 102 Å². The molecule has 6 heteroatoms. The van der Waals surface area contributed by atoms with E-state index < -0.39 is 29.6 Å². The summed E-state index contributed by atoms with van der Waals surface area (Å²) in [5, 5.41) is 8.93. The lowest BCUT2D eigenvalue weighted by molar-refractivity contribution is -0.144. The van der Waals surface area contributed by atoms with Crippen molar-refractivity contribution in [2.24, 2.45) is 0 Å². The number of halogens is 1. The van der Waals surface area contributed by atoms with Crippen LogP contribution < -0.4 is 0 Å². The number of rotatable bonds is 2. The van der Waals surface area contributed by atoms with Gasteiger partial charge in [0.1, 0.15) is 11.9 Å². The van der Waals surface area contributed by atoms with Crippen molar-refractivity contribution in [3.63, 3.8) is 0 Å². The molecule has 94 valence electrons. The summed E-state index contributed by atoms with van der Waals surface area (Å²) in [7, 11) is 0. The van der Waals surface area contributed by atoms with Crippen LogP contribution in [0.25, 0.3) is 0 Å². The fourth-order valence-corrected chi connectivity index (χ4v) is 1.93. The van der Waals surface area contributed by atoms with Crippen molar-refractivity contribution in [1.82, 2.24) is 4.90 Å². The Morgan fingerprint density at radius 2 is 2.11 bits per heavy atom. The molecule has 1 fully saturated rings. The predicted molar refractivity (Wildman–Crippen MR) is 58.2 cm³/mol. The van der Waals surface area contributed by atoms with Crippen molar-refractivity contribution in [2.75, 3.05) is 0 Å². The van der Waals surface area contributed by atoms with Crippen molar-refractivity contribution in [1.29, 1.82) is 0 Å². The summed E-state index contributed by atoms with van der Waals surface area (Å²) in [5.41, 5.74) is -0.0310. The van der Waals surface area contributed by atoms with Crippen LogP contribution in [-0.4, -0.2) is 33.8 Å². The number of hydrogen-bond acceptors (Lipinski definition) is 3. The van der Waals surface area contributed by atoms with E-state index >= 15 is 0 Å². The lowest BCUT2D eigenvalue weighted by atomic mass is 10.1. The molecule has 5 nitrogen and oxygen atoms in total. The summed E-state index contributed by atoms with van der Waals surface area (Å²) in [4.78, 5) is 35.2. The smallest absolute Gasteiger partial charge is 0.326 e. The number of aliphatic carboxylic acids is 1. The predicted octanol–water partition coefficient (Wildman–Crippen LogP) is 1.04. The second-order valence-corrected chi connectivity index (χ2v) is 3.97. The number of amides is 2. The fourth-order valence-electron chi connectivity index (χ4n) is 1.93. The highest BCUT2D eigenvalue weighted by Crippen LogP contribution is 2.22. The van der Waals surface area contributed by atoms with Crippen molar-refractivity contribution in [3.8, 4) is 0 Å². The van der Waals surface area contributed by atoms with Crippen LogP contribution in [0.2, 0.25) is 0 Å². The topological polar surface area (TPSA) is 74.7 Å². The Hall–Kier alpha value is -2.24. The van der Waals surface area contributed by atoms with Crippen LogP contribution in [0.3, 0.4) is 0 Å². The Balaban J connectivity index is 2.32. The molecule has 0 saturated carbocycles. The zero-order valence-electron chi connectivity index (χ0n) is 9.30. The fraction of sp³-hybridized carbons (Fsp3) is 0.250. The molecule has 18 heavy (non-hydrogen) atoms. The summed E-state index contributed by atoms with van der Waals surface area (Å²) in [5.74, 6) is -3.16. The lowest BCUT2D eigenvalue weighted by Crippen LogP contribution is -2.42. The molecule has 1 unspecified atom stereocenters. The molecule has 0 bridgehead atoms. The number of nitrogens with zero attached hydrogens (tertiary/aromatic N) is 1. The molecule has 1 N–H and O–H groups in total. The SMILES string of the molecule is O=C(O)C1CCC(=O)N1C(=O)c1cccc(F)c1. The number of carboxylic acid groups (broad SMARTS) is 1. The molecular formula is C12H10FNO4. The first kappa shape index (κ1) is 12.2. The number of hydrogen-bond donors (Lipinski definition) is 1. The maximum absolute atomic E-state index is 13.0. The van der Waals surface area contributed by atoms with Gasteiger partial charge >= 0.3 is 5.97 Å². The Kier molecular flexibility index (Phi) is 3.10. The number of likely N-dealkylation sites (tertiary alicyclic amines) is 1. The highest BCUT2D eigenvalue weighted by molar-refractivity contribution is 6.08. The molecule has 2 amide bonds. The van der Waals surface area contributed by atoms with E-state index in [1.165, 1.54) is 12.1 Å². The van der Waals surface area contributed by atoms with Crippen LogP contribution in [0.1, 0.15) is 23.2 Å². The summed E-state index contributed by atoms with van der Waals surface area (Å²) < 4.78 is 13.0. The number of carbonyl (C=O) groups is 3. The summed E-state index contributed by atoms with van der Waals surface area (Å²) in [6, 6.07) is 3.66. The molecular weight excluding hydrogens is 241 g/mol. The molecule has 1 aromatic carbocycles. The molecule has 1 aromatic rings. The minimum atomic E-state index is -1.23. The zero-order chi connectivity index (χ0) is 13.3. The number of carbonyl (C=O) groups excluding carboxylic acids is 2. The van der Waals surface area contributed by atoms with Gasteiger partial charge < -0.3 is 5.11 Å². The van der Waals surface area contributed by atoms with Crippen LogP contribution in [0.15, 0.2) is 24.3 Å². The average Bonchev–Trinajstić information content (AvgIpc) is 2.70.